The lowest BCUT2D eigenvalue weighted by Gasteiger charge is -2.27. The summed E-state index contributed by atoms with van der Waals surface area (Å²) in [5, 5.41) is 17.0. The molecule has 1 aromatic carbocycles. The van der Waals surface area contributed by atoms with Crippen molar-refractivity contribution in [1.29, 1.82) is 0 Å². The Kier molecular flexibility index (Phi) is 5.48. The number of benzene rings is 1. The molecule has 4 rings (SSSR count). The molecule has 3 heterocycles. The number of hydrogen-bond donors (Lipinski definition) is 1. The number of hydrazone groups is 1. The van der Waals surface area contributed by atoms with E-state index in [2.05, 4.69) is 5.10 Å². The van der Waals surface area contributed by atoms with Crippen LogP contribution in [-0.2, 0) is 25.6 Å². The van der Waals surface area contributed by atoms with E-state index in [1.807, 2.05) is 49.2 Å². The van der Waals surface area contributed by atoms with E-state index in [1.54, 1.807) is 6.21 Å². The number of hydrogen-bond acceptors (Lipinski definition) is 7. The Balaban J connectivity index is 1.45. The summed E-state index contributed by atoms with van der Waals surface area (Å²) in [5.74, 6) is -0.733. The molecule has 0 spiro atoms. The lowest BCUT2D eigenvalue weighted by molar-refractivity contribution is -0.226. The van der Waals surface area contributed by atoms with E-state index in [0.717, 1.165) is 31.5 Å². The second kappa shape index (κ2) is 7.85. The Bertz CT molecular complexity index is 647. The van der Waals surface area contributed by atoms with Gasteiger partial charge >= 0.3 is 0 Å². The van der Waals surface area contributed by atoms with Crippen molar-refractivity contribution in [3.05, 3.63) is 35.9 Å². The molecule has 3 aliphatic rings. The van der Waals surface area contributed by atoms with Gasteiger partial charge in [0, 0.05) is 13.1 Å². The van der Waals surface area contributed by atoms with Crippen molar-refractivity contribution >= 4 is 6.21 Å². The number of nitrogens with zero attached hydrogens (tertiary/aromatic N) is 2. The van der Waals surface area contributed by atoms with Crippen LogP contribution in [0.25, 0.3) is 0 Å². The quantitative estimate of drug-likeness (QED) is 0.765. The van der Waals surface area contributed by atoms with Crippen molar-refractivity contribution in [2.24, 2.45) is 5.10 Å². The monoisotopic (exact) mass is 376 g/mol. The van der Waals surface area contributed by atoms with E-state index in [9.17, 15) is 5.11 Å². The molecule has 3 fully saturated rings. The van der Waals surface area contributed by atoms with Gasteiger partial charge in [-0.3, -0.25) is 5.01 Å². The van der Waals surface area contributed by atoms with Crippen LogP contribution in [-0.4, -0.2) is 65.9 Å². The van der Waals surface area contributed by atoms with Crippen LogP contribution in [0.1, 0.15) is 32.3 Å². The van der Waals surface area contributed by atoms with Gasteiger partial charge in [0.15, 0.2) is 12.1 Å². The highest BCUT2D eigenvalue weighted by Gasteiger charge is 2.56. The second-order valence-electron chi connectivity index (χ2n) is 7.75. The minimum absolute atomic E-state index is 0.386. The van der Waals surface area contributed by atoms with E-state index in [1.165, 1.54) is 0 Å². The smallest absolute Gasteiger partial charge is 0.190 e. The third-order valence-corrected chi connectivity index (χ3v) is 5.11. The lowest BCUT2D eigenvalue weighted by atomic mass is 10.1. The first-order valence-corrected chi connectivity index (χ1v) is 9.66. The number of rotatable bonds is 6. The summed E-state index contributed by atoms with van der Waals surface area (Å²) in [6.07, 6.45) is 0.939. The molecule has 7 heteroatoms. The molecule has 1 aromatic rings. The molecule has 0 radical (unpaired) electrons. The second-order valence-corrected chi connectivity index (χ2v) is 7.75. The molecule has 0 amide bonds. The van der Waals surface area contributed by atoms with Gasteiger partial charge in [-0.15, -0.1) is 0 Å². The van der Waals surface area contributed by atoms with Gasteiger partial charge in [0.05, 0.1) is 12.8 Å². The number of aliphatic hydroxyl groups is 1. The van der Waals surface area contributed by atoms with Crippen LogP contribution in [0.15, 0.2) is 35.4 Å². The highest BCUT2D eigenvalue weighted by Crippen LogP contribution is 2.39. The van der Waals surface area contributed by atoms with E-state index >= 15 is 0 Å². The van der Waals surface area contributed by atoms with Crippen LogP contribution in [0.2, 0.25) is 0 Å². The van der Waals surface area contributed by atoms with Gasteiger partial charge in [-0.25, -0.2) is 0 Å². The van der Waals surface area contributed by atoms with Crippen LogP contribution in [0.4, 0.5) is 0 Å². The third-order valence-electron chi connectivity index (χ3n) is 5.11. The summed E-state index contributed by atoms with van der Waals surface area (Å²) >= 11 is 0. The van der Waals surface area contributed by atoms with Crippen LogP contribution >= 0.6 is 0 Å². The zero-order valence-electron chi connectivity index (χ0n) is 15.9. The molecule has 0 aliphatic carbocycles. The summed E-state index contributed by atoms with van der Waals surface area (Å²) in [6, 6.07) is 9.92. The predicted octanol–water partition coefficient (Wildman–Crippen LogP) is 1.89. The zero-order chi connectivity index (χ0) is 18.9. The molecule has 3 aliphatic heterocycles. The summed E-state index contributed by atoms with van der Waals surface area (Å²) in [7, 11) is 0. The first-order valence-electron chi connectivity index (χ1n) is 9.66. The SMILES string of the molecule is CC1(C)O[C@H]2O[C@H]([C@H](O)/C=N/N3CCCC3)[C@H](OCc3ccccc3)[C@H]2O1. The van der Waals surface area contributed by atoms with Gasteiger partial charge in [0.25, 0.3) is 0 Å². The molecule has 5 atom stereocenters. The van der Waals surface area contributed by atoms with E-state index < -0.39 is 30.4 Å². The molecule has 27 heavy (non-hydrogen) atoms. The fraction of sp³-hybridized carbons (Fsp3) is 0.650. The van der Waals surface area contributed by atoms with Gasteiger partial charge in [-0.1, -0.05) is 30.3 Å². The Labute approximate surface area is 159 Å². The van der Waals surface area contributed by atoms with Crippen molar-refractivity contribution in [2.75, 3.05) is 13.1 Å². The predicted molar refractivity (Wildman–Crippen MR) is 99.0 cm³/mol. The van der Waals surface area contributed by atoms with Gasteiger partial charge < -0.3 is 24.1 Å². The van der Waals surface area contributed by atoms with E-state index in [4.69, 9.17) is 18.9 Å². The molecule has 1 N–H and O–H groups in total. The van der Waals surface area contributed by atoms with E-state index in [-0.39, 0.29) is 6.10 Å². The van der Waals surface area contributed by atoms with Gasteiger partial charge in [-0.05, 0) is 32.3 Å². The Morgan fingerprint density at radius 2 is 2.00 bits per heavy atom. The fourth-order valence-corrected chi connectivity index (χ4v) is 3.80. The standard InChI is InChI=1S/C20H28N2O5/c1-20(2)26-18-17(24-13-14-8-4-3-5-9-14)16(25-19(18)27-20)15(23)12-21-22-10-6-7-11-22/h3-5,8-9,12,15-19,23H,6-7,10-11,13H2,1-2H3/b21-12+/t15-,16-,17+,18-,19-/m1/s1. The summed E-state index contributed by atoms with van der Waals surface area (Å²) < 4.78 is 23.9. The third kappa shape index (κ3) is 4.33. The summed E-state index contributed by atoms with van der Waals surface area (Å²) in [6.45, 7) is 5.96. The molecule has 3 saturated heterocycles. The first-order chi connectivity index (χ1) is 13.0. The van der Waals surface area contributed by atoms with Gasteiger partial charge in [0.1, 0.15) is 24.4 Å². The van der Waals surface area contributed by atoms with Gasteiger partial charge in [-0.2, -0.15) is 5.10 Å². The Morgan fingerprint density at radius 3 is 2.74 bits per heavy atom. The molecule has 7 nitrogen and oxygen atoms in total. The van der Waals surface area contributed by atoms with Crippen LogP contribution in [0, 0.1) is 0 Å². The maximum atomic E-state index is 10.7. The minimum Gasteiger partial charge on any atom is -0.385 e. The van der Waals surface area contributed by atoms with Gasteiger partial charge in [0.2, 0.25) is 0 Å². The highest BCUT2D eigenvalue weighted by atomic mass is 16.8. The molecule has 0 unspecified atom stereocenters. The molecule has 0 aromatic heterocycles. The molecule has 0 saturated carbocycles. The van der Waals surface area contributed by atoms with Crippen molar-refractivity contribution in [3.8, 4) is 0 Å². The topological polar surface area (TPSA) is 72.8 Å². The number of aliphatic hydroxyl groups excluding tert-OH is 1. The first kappa shape index (κ1) is 18.8. The molecule has 148 valence electrons. The number of ether oxygens (including phenoxy) is 4. The minimum atomic E-state index is -0.896. The molecular weight excluding hydrogens is 348 g/mol. The van der Waals surface area contributed by atoms with Crippen LogP contribution < -0.4 is 0 Å². The highest BCUT2D eigenvalue weighted by molar-refractivity contribution is 5.63. The summed E-state index contributed by atoms with van der Waals surface area (Å²) in [5.41, 5.74) is 1.05. The van der Waals surface area contributed by atoms with Crippen molar-refractivity contribution in [1.82, 2.24) is 5.01 Å². The van der Waals surface area contributed by atoms with Crippen molar-refractivity contribution < 1.29 is 24.1 Å². The Hall–Kier alpha value is -1.51. The zero-order valence-corrected chi connectivity index (χ0v) is 15.9. The average Bonchev–Trinajstić information content (AvgIpc) is 3.34. The van der Waals surface area contributed by atoms with Crippen molar-refractivity contribution in [2.45, 2.75) is 69.8 Å². The molecule has 0 bridgehead atoms. The maximum Gasteiger partial charge on any atom is 0.190 e. The Morgan fingerprint density at radius 1 is 1.26 bits per heavy atom. The summed E-state index contributed by atoms with van der Waals surface area (Å²) in [4.78, 5) is 0. The maximum absolute atomic E-state index is 10.7. The van der Waals surface area contributed by atoms with Crippen LogP contribution in [0.3, 0.4) is 0 Å². The van der Waals surface area contributed by atoms with Crippen LogP contribution in [0.5, 0.6) is 0 Å². The van der Waals surface area contributed by atoms with E-state index in [0.29, 0.717) is 6.61 Å². The molecular formula is C20H28N2O5. The van der Waals surface area contributed by atoms with Crippen molar-refractivity contribution in [3.63, 3.8) is 0 Å². The largest absolute Gasteiger partial charge is 0.385 e. The lowest BCUT2D eigenvalue weighted by Crippen LogP contribution is -2.43. The number of fused-ring (bicyclic) bond motifs is 1. The normalized spacial score (nSPS) is 33.7. The fourth-order valence-electron chi connectivity index (χ4n) is 3.80. The average molecular weight is 376 g/mol.